The molecule has 30 heavy (non-hydrogen) atoms. The van der Waals surface area contributed by atoms with E-state index in [2.05, 4.69) is 25.4 Å². The first-order chi connectivity index (χ1) is 14.6. The topological polar surface area (TPSA) is 61.7 Å². The molecule has 0 amide bonds. The van der Waals surface area contributed by atoms with Crippen LogP contribution >= 0.6 is 0 Å². The van der Waals surface area contributed by atoms with Crippen LogP contribution in [0.4, 0.5) is 0 Å². The molecular formula is C24H24N3O3+. The van der Waals surface area contributed by atoms with E-state index in [1.54, 1.807) is 6.07 Å². The Bertz CT molecular complexity index is 1120. The van der Waals surface area contributed by atoms with Gasteiger partial charge in [-0.2, -0.15) is 5.10 Å². The quantitative estimate of drug-likeness (QED) is 0.483. The Morgan fingerprint density at radius 1 is 1.00 bits per heavy atom. The predicted octanol–water partition coefficient (Wildman–Crippen LogP) is 3.13. The fourth-order valence-electron chi connectivity index (χ4n) is 3.46. The predicted molar refractivity (Wildman–Crippen MR) is 113 cm³/mol. The summed E-state index contributed by atoms with van der Waals surface area (Å²) in [7, 11) is 3.44. The molecule has 2 heterocycles. The molecule has 4 aromatic rings. The molecule has 6 nitrogen and oxygen atoms in total. The summed E-state index contributed by atoms with van der Waals surface area (Å²) in [4.78, 5) is 12.8. The summed E-state index contributed by atoms with van der Waals surface area (Å²) < 4.78 is 12.3. The molecule has 0 radical (unpaired) electrons. The second kappa shape index (κ2) is 8.80. The van der Waals surface area contributed by atoms with Crippen LogP contribution in [0.2, 0.25) is 0 Å². The van der Waals surface area contributed by atoms with Gasteiger partial charge in [0.25, 0.3) is 0 Å². The number of carbonyl (C=O) groups excluding carboxylic acids is 1. The molecule has 4 rings (SSSR count). The highest BCUT2D eigenvalue weighted by molar-refractivity contribution is 5.86. The van der Waals surface area contributed by atoms with Crippen molar-refractivity contribution in [2.24, 2.45) is 0 Å². The number of furan rings is 1. The van der Waals surface area contributed by atoms with Gasteiger partial charge in [-0.1, -0.05) is 48.5 Å². The number of hydrogen-bond donors (Lipinski definition) is 1. The molecule has 6 heteroatoms. The van der Waals surface area contributed by atoms with Gasteiger partial charge in [0.15, 0.2) is 5.76 Å². The van der Waals surface area contributed by atoms with E-state index in [-0.39, 0.29) is 5.76 Å². The van der Waals surface area contributed by atoms with Crippen molar-refractivity contribution in [3.05, 3.63) is 96.1 Å². The number of carbonyl (C=O) groups is 1. The Balaban J connectivity index is 1.58. The minimum absolute atomic E-state index is 0.224. The number of nitrogens with zero attached hydrogens (tertiary/aromatic N) is 2. The summed E-state index contributed by atoms with van der Waals surface area (Å²) in [6, 6.07) is 23.8. The van der Waals surface area contributed by atoms with Gasteiger partial charge in [0, 0.05) is 11.8 Å². The normalized spacial score (nSPS) is 11.9. The van der Waals surface area contributed by atoms with Gasteiger partial charge in [0.05, 0.1) is 25.4 Å². The average Bonchev–Trinajstić information content (AvgIpc) is 3.42. The van der Waals surface area contributed by atoms with Gasteiger partial charge in [-0.3, -0.25) is 0 Å². The van der Waals surface area contributed by atoms with Crippen molar-refractivity contribution in [3.8, 4) is 16.9 Å². The van der Waals surface area contributed by atoms with E-state index in [4.69, 9.17) is 14.3 Å². The number of para-hydroxylation sites is 1. The third-order valence-corrected chi connectivity index (χ3v) is 4.87. The first-order valence-corrected chi connectivity index (χ1v) is 9.82. The maximum atomic E-state index is 11.6. The van der Waals surface area contributed by atoms with Gasteiger partial charge in [-0.15, -0.1) is 0 Å². The summed E-state index contributed by atoms with van der Waals surface area (Å²) in [5.74, 6) is 0.501. The first-order valence-electron chi connectivity index (χ1n) is 9.82. The zero-order valence-electron chi connectivity index (χ0n) is 17.0. The third-order valence-electron chi connectivity index (χ3n) is 4.87. The Morgan fingerprint density at radius 3 is 2.40 bits per heavy atom. The van der Waals surface area contributed by atoms with Crippen LogP contribution in [0.1, 0.15) is 21.9 Å². The number of quaternary nitrogens is 1. The highest BCUT2D eigenvalue weighted by Gasteiger charge is 2.18. The van der Waals surface area contributed by atoms with E-state index >= 15 is 0 Å². The summed E-state index contributed by atoms with van der Waals surface area (Å²) in [5.41, 5.74) is 4.21. The lowest BCUT2D eigenvalue weighted by molar-refractivity contribution is -0.908. The highest BCUT2D eigenvalue weighted by Crippen LogP contribution is 2.23. The lowest BCUT2D eigenvalue weighted by atomic mass is 10.1. The van der Waals surface area contributed by atoms with E-state index in [1.165, 1.54) is 12.0 Å². The number of nitrogens with one attached hydrogen (secondary N) is 1. The van der Waals surface area contributed by atoms with Crippen molar-refractivity contribution < 1.29 is 18.8 Å². The Morgan fingerprint density at radius 2 is 1.70 bits per heavy atom. The molecule has 0 fully saturated rings. The molecule has 2 aromatic carbocycles. The van der Waals surface area contributed by atoms with E-state index in [0.717, 1.165) is 34.8 Å². The van der Waals surface area contributed by atoms with E-state index < -0.39 is 5.97 Å². The molecule has 0 spiro atoms. The van der Waals surface area contributed by atoms with Crippen LogP contribution in [-0.2, 0) is 17.8 Å². The fourth-order valence-corrected chi connectivity index (χ4v) is 3.46. The van der Waals surface area contributed by atoms with Crippen molar-refractivity contribution in [1.82, 2.24) is 9.78 Å². The van der Waals surface area contributed by atoms with Crippen molar-refractivity contribution in [3.63, 3.8) is 0 Å². The number of ether oxygens (including phenoxy) is 1. The molecule has 2 aromatic heterocycles. The number of esters is 1. The largest absolute Gasteiger partial charge is 0.463 e. The Kier molecular flexibility index (Phi) is 5.77. The smallest absolute Gasteiger partial charge is 0.373 e. The summed E-state index contributed by atoms with van der Waals surface area (Å²) in [6.07, 6.45) is 2.09. The first kappa shape index (κ1) is 19.7. The summed E-state index contributed by atoms with van der Waals surface area (Å²) in [5, 5.41) is 4.87. The maximum Gasteiger partial charge on any atom is 0.373 e. The molecule has 0 aliphatic rings. The Labute approximate surface area is 175 Å². The summed E-state index contributed by atoms with van der Waals surface area (Å²) in [6.45, 7) is 1.40. The average molecular weight is 402 g/mol. The fraction of sp³-hybridized carbons (Fsp3) is 0.167. The molecule has 0 saturated carbocycles. The maximum absolute atomic E-state index is 11.6. The molecule has 0 bridgehead atoms. The second-order valence-corrected chi connectivity index (χ2v) is 7.22. The van der Waals surface area contributed by atoms with E-state index in [1.807, 2.05) is 59.3 Å². The van der Waals surface area contributed by atoms with Gasteiger partial charge >= 0.3 is 5.97 Å². The number of methoxy groups -OCH3 is 1. The molecule has 1 atom stereocenters. The van der Waals surface area contributed by atoms with Crippen molar-refractivity contribution >= 4 is 5.97 Å². The molecule has 0 saturated heterocycles. The number of rotatable bonds is 7. The molecule has 152 valence electrons. The van der Waals surface area contributed by atoms with E-state index in [0.29, 0.717) is 6.54 Å². The molecule has 1 unspecified atom stereocenters. The second-order valence-electron chi connectivity index (χ2n) is 7.22. The minimum Gasteiger partial charge on any atom is -0.463 e. The van der Waals surface area contributed by atoms with Gasteiger partial charge in [0.1, 0.15) is 18.8 Å². The molecule has 0 aliphatic carbocycles. The zero-order valence-corrected chi connectivity index (χ0v) is 17.0. The van der Waals surface area contributed by atoms with Crippen LogP contribution in [0.3, 0.4) is 0 Å². The summed E-state index contributed by atoms with van der Waals surface area (Å²) >= 11 is 0. The SMILES string of the molecule is COC(=O)c1ccc(C[NH+](C)Cc2cn(-c3ccccc3)nc2-c2ccccc2)o1. The van der Waals surface area contributed by atoms with Crippen molar-refractivity contribution in [2.75, 3.05) is 14.2 Å². The standard InChI is InChI=1S/C24H23N3O3/c1-26(17-21-13-14-22(30-21)24(28)29-2)15-19-16-27(20-11-7-4-8-12-20)25-23(19)18-9-5-3-6-10-18/h3-14,16H,15,17H2,1-2H3/p+1. The highest BCUT2D eigenvalue weighted by atomic mass is 16.5. The van der Waals surface area contributed by atoms with Crippen LogP contribution in [0.25, 0.3) is 16.9 Å². The lowest BCUT2D eigenvalue weighted by Crippen LogP contribution is -3.06. The molecule has 0 aliphatic heterocycles. The third kappa shape index (κ3) is 4.34. The monoisotopic (exact) mass is 402 g/mol. The van der Waals surface area contributed by atoms with Crippen LogP contribution in [0.15, 0.2) is 83.4 Å². The van der Waals surface area contributed by atoms with Crippen LogP contribution < -0.4 is 4.90 Å². The minimum atomic E-state index is -0.464. The van der Waals surface area contributed by atoms with Crippen LogP contribution in [-0.4, -0.2) is 29.9 Å². The molecular weight excluding hydrogens is 378 g/mol. The number of aromatic nitrogens is 2. The van der Waals surface area contributed by atoms with Gasteiger partial charge in [-0.25, -0.2) is 9.48 Å². The van der Waals surface area contributed by atoms with Gasteiger partial charge in [0.2, 0.25) is 5.76 Å². The van der Waals surface area contributed by atoms with Crippen molar-refractivity contribution in [1.29, 1.82) is 0 Å². The van der Waals surface area contributed by atoms with Gasteiger partial charge < -0.3 is 14.1 Å². The van der Waals surface area contributed by atoms with Crippen LogP contribution in [0, 0.1) is 0 Å². The lowest BCUT2D eigenvalue weighted by Gasteiger charge is -2.12. The van der Waals surface area contributed by atoms with E-state index in [9.17, 15) is 4.79 Å². The van der Waals surface area contributed by atoms with Crippen molar-refractivity contribution in [2.45, 2.75) is 13.1 Å². The van der Waals surface area contributed by atoms with Gasteiger partial charge in [-0.05, 0) is 24.3 Å². The Hall–Kier alpha value is -3.64. The number of hydrogen-bond acceptors (Lipinski definition) is 4. The number of benzene rings is 2. The van der Waals surface area contributed by atoms with Crippen LogP contribution in [0.5, 0.6) is 0 Å². The molecule has 1 N–H and O–H groups in total. The zero-order chi connectivity index (χ0) is 20.9.